The number of ether oxygens (including phenoxy) is 3. The van der Waals surface area contributed by atoms with Gasteiger partial charge in [-0.05, 0) is 108 Å². The van der Waals surface area contributed by atoms with Crippen molar-refractivity contribution in [2.45, 2.75) is 303 Å². The van der Waals surface area contributed by atoms with Gasteiger partial charge < -0.3 is 19.9 Å². The van der Waals surface area contributed by atoms with Crippen molar-refractivity contribution in [1.82, 2.24) is 0 Å². The predicted molar refractivity (Wildman–Crippen MR) is 341 cm³/mol. The summed E-state index contributed by atoms with van der Waals surface area (Å²) in [4.78, 5) is 0. The normalized spacial score (nSPS) is 16.0. The van der Waals surface area contributed by atoms with Gasteiger partial charge in [0, 0.05) is 5.56 Å². The van der Waals surface area contributed by atoms with Crippen LogP contribution >= 0.6 is 0 Å². The SMILES string of the molecule is CC(C)CCC[C@@H](C)CCC[C@@H](C)CCCC(C)CCOc1ccc(C(N)c2ccccc2)c(OCCC(C)CCC[C@H](C)CCC[C@H](C)CCCC(C)C)c1OCCC(C)CCC[C@H](C)CCC[C@H](C)CCCC(C)C. The molecule has 4 nitrogen and oxygen atoms in total. The monoisotopic (exact) mass is 1070 g/mol. The molecule has 0 saturated carbocycles. The highest BCUT2D eigenvalue weighted by atomic mass is 16.5. The van der Waals surface area contributed by atoms with E-state index in [0.29, 0.717) is 37.6 Å². The Morgan fingerprint density at radius 3 is 0.844 bits per heavy atom. The summed E-state index contributed by atoms with van der Waals surface area (Å²) >= 11 is 0. The van der Waals surface area contributed by atoms with Crippen LogP contribution in [0.5, 0.6) is 17.2 Å². The lowest BCUT2D eigenvalue weighted by Crippen LogP contribution is -2.16. The van der Waals surface area contributed by atoms with E-state index in [4.69, 9.17) is 19.9 Å². The van der Waals surface area contributed by atoms with Crippen molar-refractivity contribution in [3.8, 4) is 17.2 Å². The lowest BCUT2D eigenvalue weighted by atomic mass is 9.91. The van der Waals surface area contributed by atoms with Crippen LogP contribution < -0.4 is 19.9 Å². The first-order valence-corrected chi connectivity index (χ1v) is 33.7. The van der Waals surface area contributed by atoms with Crippen molar-refractivity contribution < 1.29 is 14.2 Å². The number of hydrogen-bond donors (Lipinski definition) is 1. The van der Waals surface area contributed by atoms with Gasteiger partial charge in [-0.3, -0.25) is 0 Å². The Kier molecular flexibility index (Phi) is 40.1. The summed E-state index contributed by atoms with van der Waals surface area (Å²) in [5.41, 5.74) is 9.23. The van der Waals surface area contributed by atoms with Crippen molar-refractivity contribution in [2.75, 3.05) is 19.8 Å². The van der Waals surface area contributed by atoms with Gasteiger partial charge in [0.05, 0.1) is 25.9 Å². The van der Waals surface area contributed by atoms with Gasteiger partial charge in [0.25, 0.3) is 0 Å². The van der Waals surface area contributed by atoms with Crippen LogP contribution in [-0.2, 0) is 0 Å². The number of hydrogen-bond acceptors (Lipinski definition) is 4. The molecule has 2 rings (SSSR count). The molecule has 0 fully saturated rings. The third-order valence-electron chi connectivity index (χ3n) is 18.0. The molecule has 10 atom stereocenters. The molecule has 0 radical (unpaired) electrons. The lowest BCUT2D eigenvalue weighted by molar-refractivity contribution is 0.214. The van der Waals surface area contributed by atoms with Gasteiger partial charge in [-0.1, -0.05) is 308 Å². The highest BCUT2D eigenvalue weighted by molar-refractivity contribution is 5.58. The van der Waals surface area contributed by atoms with E-state index >= 15 is 0 Å². The average molecular weight is 1070 g/mol. The van der Waals surface area contributed by atoms with Crippen molar-refractivity contribution in [2.24, 2.45) is 76.7 Å². The summed E-state index contributed by atoms with van der Waals surface area (Å²) < 4.78 is 20.7. The van der Waals surface area contributed by atoms with Crippen LogP contribution in [0.4, 0.5) is 0 Å². The molecule has 0 heterocycles. The van der Waals surface area contributed by atoms with E-state index in [1.807, 2.05) is 0 Å². The standard InChI is InChI=1S/C73H133NO3/c1-56(2)28-19-31-59(7)34-22-37-62(10)40-25-43-65(13)50-53-75-70-49-48-69(71(74)68-46-17-16-18-47-68)72(76-54-51-66(14)44-26-41-63(11)38-23-35-60(8)32-20-29-57(3)4)73(70)77-55-52-67(15)45-27-42-64(12)39-24-36-61(9)33-21-30-58(5)6/h16-18,46-49,56-67,71H,19-45,50-55,74H2,1-15H3/t59-,60-,61-,62-,63-,64-,65?,66?,67?,71?/m1/s1. The van der Waals surface area contributed by atoms with E-state index in [0.717, 1.165) is 101 Å². The molecule has 2 aromatic carbocycles. The van der Waals surface area contributed by atoms with Crippen LogP contribution in [0.15, 0.2) is 42.5 Å². The van der Waals surface area contributed by atoms with E-state index in [9.17, 15) is 0 Å². The first-order valence-electron chi connectivity index (χ1n) is 33.7. The Labute approximate surface area is 481 Å². The van der Waals surface area contributed by atoms with Crippen LogP contribution in [0.1, 0.15) is 314 Å². The maximum Gasteiger partial charge on any atom is 0.203 e. The Morgan fingerprint density at radius 2 is 0.545 bits per heavy atom. The Balaban J connectivity index is 2.10. The minimum Gasteiger partial charge on any atom is -0.490 e. The maximum absolute atomic E-state index is 7.17. The molecule has 2 aromatic rings. The fraction of sp³-hybridized carbons (Fsp3) is 0.836. The summed E-state index contributed by atoms with van der Waals surface area (Å²) in [5.74, 6) is 11.6. The topological polar surface area (TPSA) is 53.7 Å². The largest absolute Gasteiger partial charge is 0.490 e. The van der Waals surface area contributed by atoms with Gasteiger partial charge in [0.1, 0.15) is 0 Å². The van der Waals surface area contributed by atoms with Crippen LogP contribution in [0, 0.1) is 71.0 Å². The Morgan fingerprint density at radius 1 is 0.286 bits per heavy atom. The molecule has 4 heteroatoms. The van der Waals surface area contributed by atoms with E-state index in [-0.39, 0.29) is 6.04 Å². The molecule has 0 saturated heterocycles. The van der Waals surface area contributed by atoms with Crippen LogP contribution in [0.2, 0.25) is 0 Å². The Bertz CT molecular complexity index is 1650. The predicted octanol–water partition coefficient (Wildman–Crippen LogP) is 23.3. The first-order chi connectivity index (χ1) is 36.8. The minimum absolute atomic E-state index is 0.334. The molecule has 0 aliphatic heterocycles. The summed E-state index contributed by atoms with van der Waals surface area (Å²) in [5, 5.41) is 0. The second kappa shape index (κ2) is 43.5. The minimum atomic E-state index is -0.334. The van der Waals surface area contributed by atoms with Crippen molar-refractivity contribution in [3.05, 3.63) is 53.6 Å². The first kappa shape index (κ1) is 70.9. The van der Waals surface area contributed by atoms with Gasteiger partial charge in [-0.25, -0.2) is 0 Å². The molecule has 77 heavy (non-hydrogen) atoms. The van der Waals surface area contributed by atoms with Crippen LogP contribution in [0.3, 0.4) is 0 Å². The third-order valence-corrected chi connectivity index (χ3v) is 18.0. The molecular formula is C73H133NO3. The van der Waals surface area contributed by atoms with Crippen molar-refractivity contribution in [1.29, 1.82) is 0 Å². The van der Waals surface area contributed by atoms with Gasteiger partial charge in [-0.2, -0.15) is 0 Å². The fourth-order valence-electron chi connectivity index (χ4n) is 11.9. The molecule has 0 amide bonds. The molecule has 0 bridgehead atoms. The lowest BCUT2D eigenvalue weighted by Gasteiger charge is -2.24. The molecule has 0 aliphatic carbocycles. The second-order valence-electron chi connectivity index (χ2n) is 28.1. The summed E-state index contributed by atoms with van der Waals surface area (Å²) in [6.45, 7) is 38.2. The number of nitrogens with two attached hydrogens (primary N) is 1. The summed E-state index contributed by atoms with van der Waals surface area (Å²) in [6, 6.07) is 14.4. The maximum atomic E-state index is 7.17. The number of benzene rings is 2. The summed E-state index contributed by atoms with van der Waals surface area (Å²) in [7, 11) is 0. The molecule has 0 aliphatic rings. The van der Waals surface area contributed by atoms with Crippen LogP contribution in [0.25, 0.3) is 0 Å². The Hall–Kier alpha value is -2.20. The molecule has 0 spiro atoms. The van der Waals surface area contributed by atoms with Crippen molar-refractivity contribution >= 4 is 0 Å². The van der Waals surface area contributed by atoms with E-state index < -0.39 is 0 Å². The van der Waals surface area contributed by atoms with E-state index in [1.165, 1.54) is 173 Å². The molecule has 448 valence electrons. The van der Waals surface area contributed by atoms with E-state index in [1.54, 1.807) is 0 Å². The summed E-state index contributed by atoms with van der Waals surface area (Å²) in [6.07, 6.45) is 39.5. The molecular weight excluding hydrogens is 939 g/mol. The van der Waals surface area contributed by atoms with Gasteiger partial charge >= 0.3 is 0 Å². The quantitative estimate of drug-likeness (QED) is 0.0717. The van der Waals surface area contributed by atoms with Gasteiger partial charge in [0.15, 0.2) is 11.5 Å². The zero-order chi connectivity index (χ0) is 56.8. The van der Waals surface area contributed by atoms with Crippen LogP contribution in [-0.4, -0.2) is 19.8 Å². The fourth-order valence-corrected chi connectivity index (χ4v) is 11.9. The van der Waals surface area contributed by atoms with Crippen molar-refractivity contribution in [3.63, 3.8) is 0 Å². The van der Waals surface area contributed by atoms with Gasteiger partial charge in [0.2, 0.25) is 5.75 Å². The highest BCUT2D eigenvalue weighted by Gasteiger charge is 2.24. The smallest absolute Gasteiger partial charge is 0.203 e. The zero-order valence-electron chi connectivity index (χ0n) is 54.2. The van der Waals surface area contributed by atoms with E-state index in [2.05, 4.69) is 146 Å². The average Bonchev–Trinajstić information content (AvgIpc) is 3.37. The molecule has 0 aromatic heterocycles. The molecule has 2 N–H and O–H groups in total. The zero-order valence-corrected chi connectivity index (χ0v) is 54.2. The second-order valence-corrected chi connectivity index (χ2v) is 28.1. The number of rotatable bonds is 50. The van der Waals surface area contributed by atoms with Gasteiger partial charge in [-0.15, -0.1) is 0 Å². The third kappa shape index (κ3) is 36.0. The highest BCUT2D eigenvalue weighted by Crippen LogP contribution is 2.44. The molecule has 4 unspecified atom stereocenters.